The number of ether oxygens (including phenoxy) is 1. The van der Waals surface area contributed by atoms with Gasteiger partial charge in [-0.15, -0.1) is 10.2 Å². The summed E-state index contributed by atoms with van der Waals surface area (Å²) in [5.74, 6) is 3.30. The summed E-state index contributed by atoms with van der Waals surface area (Å²) in [7, 11) is 1.68. The highest BCUT2D eigenvalue weighted by molar-refractivity contribution is 7.99. The summed E-state index contributed by atoms with van der Waals surface area (Å²) in [6.07, 6.45) is 6.46. The fourth-order valence-corrected chi connectivity index (χ4v) is 4.54. The molecule has 1 aromatic carbocycles. The van der Waals surface area contributed by atoms with Crippen LogP contribution in [0.1, 0.15) is 51.5 Å². The molecule has 0 aliphatic heterocycles. The van der Waals surface area contributed by atoms with E-state index in [1.165, 1.54) is 25.7 Å². The van der Waals surface area contributed by atoms with Crippen LogP contribution in [0.15, 0.2) is 29.4 Å². The highest BCUT2D eigenvalue weighted by atomic mass is 32.2. The lowest BCUT2D eigenvalue weighted by atomic mass is 9.85. The molecular weight excluding hydrogens is 344 g/mol. The lowest BCUT2D eigenvalue weighted by Crippen LogP contribution is -2.22. The Kier molecular flexibility index (Phi) is 6.56. The predicted octanol–water partition coefficient (Wildman–Crippen LogP) is 5.10. The fourth-order valence-electron chi connectivity index (χ4n) is 3.61. The van der Waals surface area contributed by atoms with E-state index in [1.807, 2.05) is 12.1 Å². The Hall–Kier alpha value is -2.00. The number of hydrogen-bond donors (Lipinski definition) is 0. The van der Waals surface area contributed by atoms with Crippen LogP contribution in [-0.2, 0) is 0 Å². The van der Waals surface area contributed by atoms with Crippen molar-refractivity contribution in [3.63, 3.8) is 0 Å². The Labute approximate surface area is 159 Å². The molecule has 0 bridgehead atoms. The van der Waals surface area contributed by atoms with Crippen molar-refractivity contribution in [2.24, 2.45) is 5.92 Å². The first-order valence-corrected chi connectivity index (χ1v) is 10.3. The average molecular weight is 371 g/mol. The van der Waals surface area contributed by atoms with Crippen molar-refractivity contribution in [3.05, 3.63) is 24.3 Å². The second kappa shape index (κ2) is 9.09. The minimum Gasteiger partial charge on any atom is -0.497 e. The van der Waals surface area contributed by atoms with Crippen LogP contribution < -0.4 is 4.74 Å². The van der Waals surface area contributed by atoms with Gasteiger partial charge in [0.15, 0.2) is 11.0 Å². The summed E-state index contributed by atoms with van der Waals surface area (Å²) >= 11 is 1.72. The van der Waals surface area contributed by atoms with Gasteiger partial charge in [-0.2, -0.15) is 5.26 Å². The van der Waals surface area contributed by atoms with Gasteiger partial charge >= 0.3 is 0 Å². The Balaban J connectivity index is 1.92. The number of rotatable bonds is 7. The first kappa shape index (κ1) is 18.8. The number of methoxy groups -OCH3 is 1. The van der Waals surface area contributed by atoms with Crippen LogP contribution in [0.4, 0.5) is 0 Å². The molecule has 1 saturated carbocycles. The molecule has 6 heteroatoms. The zero-order valence-corrected chi connectivity index (χ0v) is 16.3. The van der Waals surface area contributed by atoms with Gasteiger partial charge in [0.1, 0.15) is 5.75 Å². The van der Waals surface area contributed by atoms with Gasteiger partial charge in [0, 0.05) is 23.8 Å². The molecule has 0 radical (unpaired) electrons. The standard InChI is InChI=1S/C20H26N4OS/c1-15-7-3-4-8-18(15)24-19(16-9-11-17(25-2)12-10-16)22-23-20(24)26-14-6-5-13-21/h9-12,15,18H,3-8,14H2,1-2H3/t15-,18-/m1/s1. The first-order valence-electron chi connectivity index (χ1n) is 9.33. The quantitative estimate of drug-likeness (QED) is 0.501. The van der Waals surface area contributed by atoms with Crippen LogP contribution in [0.5, 0.6) is 5.75 Å². The van der Waals surface area contributed by atoms with E-state index in [1.54, 1.807) is 18.9 Å². The minimum absolute atomic E-state index is 0.439. The predicted molar refractivity (Wildman–Crippen MR) is 104 cm³/mol. The summed E-state index contributed by atoms with van der Waals surface area (Å²) in [5.41, 5.74) is 1.07. The van der Waals surface area contributed by atoms with Crippen LogP contribution in [0.2, 0.25) is 0 Å². The molecule has 1 aromatic heterocycles. The lowest BCUT2D eigenvalue weighted by molar-refractivity contribution is 0.247. The molecule has 0 amide bonds. The van der Waals surface area contributed by atoms with Crippen LogP contribution in [0.3, 0.4) is 0 Å². The molecule has 1 aliphatic carbocycles. The van der Waals surface area contributed by atoms with E-state index in [4.69, 9.17) is 10.00 Å². The van der Waals surface area contributed by atoms with Gasteiger partial charge in [0.2, 0.25) is 0 Å². The lowest BCUT2D eigenvalue weighted by Gasteiger charge is -2.31. The molecule has 3 rings (SSSR count). The molecule has 2 aromatic rings. The fraction of sp³-hybridized carbons (Fsp3) is 0.550. The minimum atomic E-state index is 0.439. The number of aromatic nitrogens is 3. The Morgan fingerprint density at radius 1 is 1.23 bits per heavy atom. The maximum absolute atomic E-state index is 8.75. The van der Waals surface area contributed by atoms with Gasteiger partial charge in [-0.3, -0.25) is 4.57 Å². The third-order valence-electron chi connectivity index (χ3n) is 5.07. The Morgan fingerprint density at radius 3 is 2.69 bits per heavy atom. The summed E-state index contributed by atoms with van der Waals surface area (Å²) in [5, 5.41) is 18.8. The molecular formula is C20H26N4OS. The van der Waals surface area contributed by atoms with Crippen molar-refractivity contribution in [1.29, 1.82) is 5.26 Å². The molecule has 0 unspecified atom stereocenters. The highest BCUT2D eigenvalue weighted by Gasteiger charge is 2.28. The van der Waals surface area contributed by atoms with Gasteiger partial charge in [0.25, 0.3) is 0 Å². The van der Waals surface area contributed by atoms with E-state index in [0.29, 0.717) is 18.4 Å². The van der Waals surface area contributed by atoms with E-state index >= 15 is 0 Å². The maximum atomic E-state index is 8.75. The number of nitrogens with zero attached hydrogens (tertiary/aromatic N) is 4. The van der Waals surface area contributed by atoms with Crippen LogP contribution >= 0.6 is 11.8 Å². The summed E-state index contributed by atoms with van der Waals surface area (Å²) in [6.45, 7) is 2.34. The van der Waals surface area contributed by atoms with Gasteiger partial charge < -0.3 is 4.74 Å². The topological polar surface area (TPSA) is 63.7 Å². The van der Waals surface area contributed by atoms with E-state index in [9.17, 15) is 0 Å². The summed E-state index contributed by atoms with van der Waals surface area (Å²) in [4.78, 5) is 0. The highest BCUT2D eigenvalue weighted by Crippen LogP contribution is 2.39. The first-order chi connectivity index (χ1) is 12.7. The van der Waals surface area contributed by atoms with E-state index < -0.39 is 0 Å². The van der Waals surface area contributed by atoms with Crippen LogP contribution in [0.25, 0.3) is 11.4 Å². The van der Waals surface area contributed by atoms with Gasteiger partial charge in [-0.1, -0.05) is 31.5 Å². The molecule has 1 aliphatic rings. The zero-order valence-electron chi connectivity index (χ0n) is 15.5. The largest absolute Gasteiger partial charge is 0.497 e. The Morgan fingerprint density at radius 2 is 2.00 bits per heavy atom. The van der Waals surface area contributed by atoms with Crippen molar-refractivity contribution >= 4 is 11.8 Å². The molecule has 5 nitrogen and oxygen atoms in total. The summed E-state index contributed by atoms with van der Waals surface area (Å²) < 4.78 is 7.63. The molecule has 26 heavy (non-hydrogen) atoms. The van der Waals surface area contributed by atoms with Crippen LogP contribution in [-0.4, -0.2) is 27.6 Å². The monoisotopic (exact) mass is 370 g/mol. The Bertz CT molecular complexity index is 750. The molecule has 0 saturated heterocycles. The van der Waals surface area contributed by atoms with Crippen molar-refractivity contribution in [3.8, 4) is 23.2 Å². The summed E-state index contributed by atoms with van der Waals surface area (Å²) in [6, 6.07) is 10.7. The number of benzene rings is 1. The van der Waals surface area contributed by atoms with E-state index in [2.05, 4.69) is 39.9 Å². The molecule has 138 valence electrons. The SMILES string of the molecule is COc1ccc(-c2nnc(SCCCC#N)n2[C@@H]2CCCC[C@H]2C)cc1. The molecule has 2 atom stereocenters. The smallest absolute Gasteiger partial charge is 0.191 e. The van der Waals surface area contributed by atoms with Crippen molar-refractivity contribution in [1.82, 2.24) is 14.8 Å². The average Bonchev–Trinajstić information content (AvgIpc) is 3.09. The normalized spacial score (nSPS) is 19.9. The van der Waals surface area contributed by atoms with Gasteiger partial charge in [-0.05, 0) is 49.4 Å². The van der Waals surface area contributed by atoms with Crippen molar-refractivity contribution in [2.75, 3.05) is 12.9 Å². The maximum Gasteiger partial charge on any atom is 0.191 e. The molecule has 1 heterocycles. The van der Waals surface area contributed by atoms with Gasteiger partial charge in [-0.25, -0.2) is 0 Å². The molecule has 0 N–H and O–H groups in total. The van der Waals surface area contributed by atoms with Gasteiger partial charge in [0.05, 0.1) is 13.2 Å². The van der Waals surface area contributed by atoms with Crippen LogP contribution in [0, 0.1) is 17.2 Å². The number of thioether (sulfide) groups is 1. The second-order valence-corrected chi connectivity index (χ2v) is 7.91. The third kappa shape index (κ3) is 4.21. The zero-order chi connectivity index (χ0) is 18.4. The number of nitriles is 1. The molecule has 1 fully saturated rings. The van der Waals surface area contributed by atoms with Crippen molar-refractivity contribution in [2.45, 2.75) is 56.6 Å². The van der Waals surface area contributed by atoms with E-state index in [0.717, 1.165) is 34.5 Å². The molecule has 0 spiro atoms. The second-order valence-electron chi connectivity index (χ2n) is 6.84. The number of unbranched alkanes of at least 4 members (excludes halogenated alkanes) is 1. The van der Waals surface area contributed by atoms with E-state index in [-0.39, 0.29) is 0 Å². The third-order valence-corrected chi connectivity index (χ3v) is 6.10. The van der Waals surface area contributed by atoms with Crippen molar-refractivity contribution < 1.29 is 4.74 Å². The number of hydrogen-bond acceptors (Lipinski definition) is 5.